The van der Waals surface area contributed by atoms with Crippen molar-refractivity contribution >= 4 is 38.5 Å². The molecule has 1 fully saturated rings. The Morgan fingerprint density at radius 1 is 1.37 bits per heavy atom. The second-order valence-electron chi connectivity index (χ2n) is 5.37. The number of carbonyl (C=O) groups excluding carboxylic acids is 1. The minimum Gasteiger partial charge on any atom is -0.469 e. The molecule has 1 aromatic rings. The fraction of sp³-hybridized carbons (Fsp3) is 0.400. The molecule has 2 nitrogen and oxygen atoms in total. The van der Waals surface area contributed by atoms with Gasteiger partial charge in [-0.05, 0) is 29.0 Å². The predicted octanol–water partition coefficient (Wildman–Crippen LogP) is 4.47. The van der Waals surface area contributed by atoms with E-state index in [1.807, 2.05) is 30.3 Å². The zero-order chi connectivity index (χ0) is 14.2. The molecule has 2 atom stereocenters. The lowest BCUT2D eigenvalue weighted by Crippen LogP contribution is -2.07. The van der Waals surface area contributed by atoms with Gasteiger partial charge in [0, 0.05) is 9.51 Å². The number of esters is 1. The third-order valence-electron chi connectivity index (χ3n) is 3.81. The lowest BCUT2D eigenvalue weighted by Gasteiger charge is -2.01. The highest BCUT2D eigenvalue weighted by Gasteiger charge is 2.61. The topological polar surface area (TPSA) is 26.3 Å². The van der Waals surface area contributed by atoms with Crippen molar-refractivity contribution in [3.63, 3.8) is 0 Å². The van der Waals surface area contributed by atoms with Gasteiger partial charge in [-0.3, -0.25) is 4.79 Å². The fourth-order valence-electron chi connectivity index (χ4n) is 2.43. The summed E-state index contributed by atoms with van der Waals surface area (Å²) in [6.07, 6.45) is 1.96. The molecule has 0 spiro atoms. The highest BCUT2D eigenvalue weighted by Crippen LogP contribution is 2.60. The van der Waals surface area contributed by atoms with Crippen molar-refractivity contribution in [2.24, 2.45) is 17.3 Å². The van der Waals surface area contributed by atoms with Crippen LogP contribution < -0.4 is 0 Å². The van der Waals surface area contributed by atoms with Crippen molar-refractivity contribution in [2.45, 2.75) is 13.8 Å². The Hall–Kier alpha value is -0.800. The number of hydrogen-bond donors (Lipinski definition) is 0. The molecular formula is C15H16BrClO2. The Bertz CT molecular complexity index is 519. The second-order valence-corrected chi connectivity index (χ2v) is 6.69. The lowest BCUT2D eigenvalue weighted by atomic mass is 10.1. The van der Waals surface area contributed by atoms with E-state index in [0.717, 1.165) is 10.0 Å². The molecule has 19 heavy (non-hydrogen) atoms. The van der Waals surface area contributed by atoms with Crippen LogP contribution >= 0.6 is 27.5 Å². The van der Waals surface area contributed by atoms with Crippen molar-refractivity contribution in [2.75, 3.05) is 7.11 Å². The smallest absolute Gasteiger partial charge is 0.309 e. The molecule has 1 aliphatic carbocycles. The monoisotopic (exact) mass is 342 g/mol. The van der Waals surface area contributed by atoms with Crippen molar-refractivity contribution in [3.05, 3.63) is 40.4 Å². The number of ether oxygens (including phenoxy) is 1. The summed E-state index contributed by atoms with van der Waals surface area (Å²) in [6.45, 7) is 4.11. The molecule has 0 radical (unpaired) electrons. The normalized spacial score (nSPS) is 25.0. The summed E-state index contributed by atoms with van der Waals surface area (Å²) < 4.78 is 5.84. The summed E-state index contributed by atoms with van der Waals surface area (Å²) in [5.41, 5.74) is 0.874. The number of carbonyl (C=O) groups is 1. The quantitative estimate of drug-likeness (QED) is 0.757. The molecule has 0 bridgehead atoms. The average molecular weight is 344 g/mol. The molecule has 2 unspecified atom stereocenters. The Morgan fingerprint density at radius 2 is 1.95 bits per heavy atom. The van der Waals surface area contributed by atoms with Crippen LogP contribution in [0.3, 0.4) is 0 Å². The number of hydrogen-bond acceptors (Lipinski definition) is 2. The van der Waals surface area contributed by atoms with Gasteiger partial charge in [-0.25, -0.2) is 0 Å². The van der Waals surface area contributed by atoms with Gasteiger partial charge in [0.1, 0.15) is 0 Å². The molecule has 2 rings (SSSR count). The van der Waals surface area contributed by atoms with E-state index >= 15 is 0 Å². The summed E-state index contributed by atoms with van der Waals surface area (Å²) in [4.78, 5) is 11.7. The Morgan fingerprint density at radius 3 is 2.47 bits per heavy atom. The molecule has 0 aromatic heterocycles. The maximum absolute atomic E-state index is 11.7. The number of rotatable bonds is 3. The maximum Gasteiger partial charge on any atom is 0.309 e. The van der Waals surface area contributed by atoms with Crippen LogP contribution in [0.4, 0.5) is 0 Å². The van der Waals surface area contributed by atoms with Gasteiger partial charge in [-0.15, -0.1) is 0 Å². The van der Waals surface area contributed by atoms with Gasteiger partial charge < -0.3 is 4.74 Å². The van der Waals surface area contributed by atoms with Gasteiger partial charge in [0.2, 0.25) is 0 Å². The van der Waals surface area contributed by atoms with E-state index in [4.69, 9.17) is 16.3 Å². The second kappa shape index (κ2) is 5.29. The Balaban J connectivity index is 2.18. The molecule has 4 heteroatoms. The van der Waals surface area contributed by atoms with Gasteiger partial charge in [-0.2, -0.15) is 0 Å². The molecule has 102 valence electrons. The van der Waals surface area contributed by atoms with Gasteiger partial charge in [0.25, 0.3) is 0 Å². The van der Waals surface area contributed by atoms with E-state index in [0.29, 0.717) is 5.03 Å². The zero-order valence-corrected chi connectivity index (χ0v) is 13.5. The van der Waals surface area contributed by atoms with E-state index in [-0.39, 0.29) is 23.2 Å². The van der Waals surface area contributed by atoms with Gasteiger partial charge >= 0.3 is 5.97 Å². The van der Waals surface area contributed by atoms with Crippen LogP contribution in [-0.2, 0) is 9.53 Å². The standard InChI is InChI=1S/C15H16BrClO2/c1-15(2)11(13(15)14(18)19-3)8-12(17)9-4-6-10(16)7-5-9/h4-8,11,13H,1-3H3. The summed E-state index contributed by atoms with van der Waals surface area (Å²) >= 11 is 9.72. The van der Waals surface area contributed by atoms with Crippen LogP contribution in [0.15, 0.2) is 34.8 Å². The summed E-state index contributed by atoms with van der Waals surface area (Å²) in [5, 5.41) is 0.678. The van der Waals surface area contributed by atoms with Crippen LogP contribution in [0, 0.1) is 17.3 Å². The summed E-state index contributed by atoms with van der Waals surface area (Å²) in [5.74, 6) is -0.121. The number of allylic oxidation sites excluding steroid dienone is 1. The van der Waals surface area contributed by atoms with Crippen LogP contribution in [0.2, 0.25) is 0 Å². The molecular weight excluding hydrogens is 328 g/mol. The van der Waals surface area contributed by atoms with E-state index in [9.17, 15) is 4.79 Å². The van der Waals surface area contributed by atoms with Crippen LogP contribution in [0.25, 0.3) is 5.03 Å². The maximum atomic E-state index is 11.7. The molecule has 1 saturated carbocycles. The van der Waals surface area contributed by atoms with E-state index in [1.54, 1.807) is 0 Å². The SMILES string of the molecule is COC(=O)C1C(C=C(Cl)c2ccc(Br)cc2)C1(C)C. The highest BCUT2D eigenvalue weighted by atomic mass is 79.9. The first-order valence-electron chi connectivity index (χ1n) is 6.09. The van der Waals surface area contributed by atoms with Crippen molar-refractivity contribution in [1.29, 1.82) is 0 Å². The molecule has 0 saturated heterocycles. The first-order chi connectivity index (χ1) is 8.87. The summed E-state index contributed by atoms with van der Waals surface area (Å²) in [6, 6.07) is 7.79. The predicted molar refractivity (Wildman–Crippen MR) is 80.7 cm³/mol. The van der Waals surface area contributed by atoms with E-state index < -0.39 is 0 Å². The van der Waals surface area contributed by atoms with Crippen molar-refractivity contribution < 1.29 is 9.53 Å². The first-order valence-corrected chi connectivity index (χ1v) is 7.26. The van der Waals surface area contributed by atoms with Crippen molar-refractivity contribution in [1.82, 2.24) is 0 Å². The van der Waals surface area contributed by atoms with Gasteiger partial charge in [0.15, 0.2) is 0 Å². The minimum absolute atomic E-state index is 0.0808. The minimum atomic E-state index is -0.161. The number of benzene rings is 1. The Kier molecular flexibility index (Phi) is 4.07. The molecule has 0 N–H and O–H groups in total. The summed E-state index contributed by atoms with van der Waals surface area (Å²) in [7, 11) is 1.42. The van der Waals surface area contributed by atoms with E-state index in [1.165, 1.54) is 7.11 Å². The van der Waals surface area contributed by atoms with Crippen LogP contribution in [0.5, 0.6) is 0 Å². The zero-order valence-electron chi connectivity index (χ0n) is 11.1. The average Bonchev–Trinajstić information content (AvgIpc) is 2.90. The number of halogens is 2. The van der Waals surface area contributed by atoms with Gasteiger partial charge in [0.05, 0.1) is 13.0 Å². The third kappa shape index (κ3) is 2.87. The lowest BCUT2D eigenvalue weighted by molar-refractivity contribution is -0.143. The van der Waals surface area contributed by atoms with Crippen LogP contribution in [0.1, 0.15) is 19.4 Å². The van der Waals surface area contributed by atoms with Crippen molar-refractivity contribution in [3.8, 4) is 0 Å². The fourth-order valence-corrected chi connectivity index (χ4v) is 2.95. The van der Waals surface area contributed by atoms with Gasteiger partial charge in [-0.1, -0.05) is 59.6 Å². The third-order valence-corrected chi connectivity index (χ3v) is 4.68. The Labute approximate surface area is 126 Å². The molecule has 0 amide bonds. The highest BCUT2D eigenvalue weighted by molar-refractivity contribution is 9.10. The largest absolute Gasteiger partial charge is 0.469 e. The first kappa shape index (κ1) is 14.6. The van der Waals surface area contributed by atoms with Crippen LogP contribution in [-0.4, -0.2) is 13.1 Å². The molecule has 1 aromatic carbocycles. The molecule has 1 aliphatic rings. The molecule has 0 heterocycles. The molecule has 0 aliphatic heterocycles. The van der Waals surface area contributed by atoms with E-state index in [2.05, 4.69) is 29.8 Å². The number of methoxy groups -OCH3 is 1.